The van der Waals surface area contributed by atoms with E-state index in [1.807, 2.05) is 24.3 Å². The molecule has 1 aromatic rings. The lowest BCUT2D eigenvalue weighted by atomic mass is 10.1. The summed E-state index contributed by atoms with van der Waals surface area (Å²) in [4.78, 5) is 2.11. The lowest BCUT2D eigenvalue weighted by Gasteiger charge is -2.31. The van der Waals surface area contributed by atoms with Gasteiger partial charge in [-0.3, -0.25) is 0 Å². The van der Waals surface area contributed by atoms with E-state index in [0.717, 1.165) is 28.0 Å². The number of benzene rings is 1. The Kier molecular flexibility index (Phi) is 4.21. The van der Waals surface area contributed by atoms with Crippen LogP contribution >= 0.6 is 39.1 Å². The maximum atomic E-state index is 6.26. The van der Waals surface area contributed by atoms with Gasteiger partial charge in [0.05, 0.1) is 5.02 Å². The van der Waals surface area contributed by atoms with Gasteiger partial charge < -0.3 is 4.90 Å². The van der Waals surface area contributed by atoms with E-state index in [2.05, 4.69) is 34.3 Å². The van der Waals surface area contributed by atoms with Crippen molar-refractivity contribution >= 4 is 44.8 Å². The molecule has 1 heterocycles. The van der Waals surface area contributed by atoms with Gasteiger partial charge in [0.2, 0.25) is 0 Å². The van der Waals surface area contributed by atoms with Gasteiger partial charge in [-0.2, -0.15) is 0 Å². The van der Waals surface area contributed by atoms with Crippen LogP contribution in [0.25, 0.3) is 5.70 Å². The molecule has 2 rings (SSSR count). The van der Waals surface area contributed by atoms with Gasteiger partial charge in [-0.1, -0.05) is 29.8 Å². The maximum Gasteiger partial charge on any atom is 0.0514 e. The zero-order valence-electron chi connectivity index (χ0n) is 9.88. The van der Waals surface area contributed by atoms with Crippen molar-refractivity contribution in [2.24, 2.45) is 0 Å². The lowest BCUT2D eigenvalue weighted by Crippen LogP contribution is -2.22. The molecular formula is C14H12BrCl2N. The van der Waals surface area contributed by atoms with Crippen LogP contribution in [-0.4, -0.2) is 11.4 Å². The average molecular weight is 345 g/mol. The molecule has 0 bridgehead atoms. The van der Waals surface area contributed by atoms with E-state index in [1.165, 1.54) is 0 Å². The summed E-state index contributed by atoms with van der Waals surface area (Å²) in [5, 5.41) is 1.28. The van der Waals surface area contributed by atoms with Crippen molar-refractivity contribution in [1.29, 1.82) is 0 Å². The van der Waals surface area contributed by atoms with Crippen LogP contribution < -0.4 is 0 Å². The largest absolute Gasteiger partial charge is 0.341 e. The first kappa shape index (κ1) is 13.7. The molecule has 0 amide bonds. The zero-order chi connectivity index (χ0) is 13.3. The Morgan fingerprint density at radius 3 is 2.61 bits per heavy atom. The Hall–Kier alpha value is -0.700. The second kappa shape index (κ2) is 5.52. The Labute approximate surface area is 126 Å². The summed E-state index contributed by atoms with van der Waals surface area (Å²) < 4.78 is 0.984. The minimum absolute atomic E-state index is 0.638. The van der Waals surface area contributed by atoms with Gasteiger partial charge in [0, 0.05) is 33.0 Å². The van der Waals surface area contributed by atoms with Gasteiger partial charge in [-0.15, -0.1) is 0 Å². The summed E-state index contributed by atoms with van der Waals surface area (Å²) in [6.07, 6.45) is 4.01. The molecule has 0 N–H and O–H groups in total. The lowest BCUT2D eigenvalue weighted by molar-refractivity contribution is 0.529. The van der Waals surface area contributed by atoms with Crippen molar-refractivity contribution in [1.82, 2.24) is 4.90 Å². The van der Waals surface area contributed by atoms with E-state index < -0.39 is 0 Å². The monoisotopic (exact) mass is 343 g/mol. The van der Waals surface area contributed by atoms with E-state index in [4.69, 9.17) is 23.2 Å². The second-order valence-corrected chi connectivity index (χ2v) is 5.58. The molecule has 1 aromatic carbocycles. The Morgan fingerprint density at radius 1 is 1.28 bits per heavy atom. The summed E-state index contributed by atoms with van der Waals surface area (Å²) in [5.41, 5.74) is 2.92. The highest BCUT2D eigenvalue weighted by Gasteiger charge is 2.19. The normalized spacial score (nSPS) is 15.6. The van der Waals surface area contributed by atoms with Crippen molar-refractivity contribution < 1.29 is 0 Å². The molecule has 0 radical (unpaired) electrons. The minimum Gasteiger partial charge on any atom is -0.341 e. The molecule has 0 atom stereocenters. The number of likely N-dealkylation sites (N-methyl/N-ethyl adjacent to an activating group) is 1. The molecule has 0 fully saturated rings. The number of allylic oxidation sites excluding steroid dienone is 3. The Morgan fingerprint density at radius 2 is 2.00 bits per heavy atom. The van der Waals surface area contributed by atoms with Crippen LogP contribution in [0.15, 0.2) is 47.1 Å². The van der Waals surface area contributed by atoms with Gasteiger partial charge in [-0.05, 0) is 53.2 Å². The molecule has 4 heteroatoms. The first-order chi connectivity index (χ1) is 8.54. The fraction of sp³-hybridized carbons (Fsp3) is 0.143. The molecule has 1 nitrogen and oxygen atoms in total. The van der Waals surface area contributed by atoms with Crippen LogP contribution in [-0.2, 0) is 0 Å². The SMILES string of the molecule is C=C1C(Br)=CC=C(c2ccc(Cl)cc2Cl)N1CC. The van der Waals surface area contributed by atoms with Crippen molar-refractivity contribution in [3.05, 3.63) is 62.7 Å². The predicted octanol–water partition coefficient (Wildman–Crippen LogP) is 5.46. The van der Waals surface area contributed by atoms with Gasteiger partial charge in [0.15, 0.2) is 0 Å². The highest BCUT2D eigenvalue weighted by atomic mass is 79.9. The first-order valence-electron chi connectivity index (χ1n) is 5.54. The van der Waals surface area contributed by atoms with Crippen molar-refractivity contribution in [2.75, 3.05) is 6.54 Å². The molecule has 0 aromatic heterocycles. The van der Waals surface area contributed by atoms with E-state index >= 15 is 0 Å². The molecule has 94 valence electrons. The summed E-state index contributed by atoms with van der Waals surface area (Å²) >= 11 is 15.7. The van der Waals surface area contributed by atoms with Crippen molar-refractivity contribution in [3.8, 4) is 0 Å². The molecule has 0 saturated heterocycles. The number of rotatable bonds is 2. The summed E-state index contributed by atoms with van der Waals surface area (Å²) in [6, 6.07) is 5.52. The van der Waals surface area contributed by atoms with Crippen molar-refractivity contribution in [3.63, 3.8) is 0 Å². The van der Waals surface area contributed by atoms with E-state index in [9.17, 15) is 0 Å². The smallest absolute Gasteiger partial charge is 0.0514 e. The average Bonchev–Trinajstić information content (AvgIpc) is 2.33. The van der Waals surface area contributed by atoms with Crippen LogP contribution in [0, 0.1) is 0 Å². The summed E-state index contributed by atoms with van der Waals surface area (Å²) in [5.74, 6) is 0. The number of halogens is 3. The van der Waals surface area contributed by atoms with Crippen LogP contribution in [0.1, 0.15) is 12.5 Å². The fourth-order valence-electron chi connectivity index (χ4n) is 1.91. The van der Waals surface area contributed by atoms with Crippen LogP contribution in [0.4, 0.5) is 0 Å². The van der Waals surface area contributed by atoms with Crippen molar-refractivity contribution in [2.45, 2.75) is 6.92 Å². The fourth-order valence-corrected chi connectivity index (χ4v) is 2.76. The number of hydrogen-bond donors (Lipinski definition) is 0. The summed E-state index contributed by atoms with van der Waals surface area (Å²) in [7, 11) is 0. The van der Waals surface area contributed by atoms with E-state index in [-0.39, 0.29) is 0 Å². The van der Waals surface area contributed by atoms with E-state index in [1.54, 1.807) is 6.07 Å². The third kappa shape index (κ3) is 2.51. The molecular weight excluding hydrogens is 333 g/mol. The summed E-state index contributed by atoms with van der Waals surface area (Å²) in [6.45, 7) is 6.97. The maximum absolute atomic E-state index is 6.26. The minimum atomic E-state index is 0.638. The molecule has 1 aliphatic rings. The van der Waals surface area contributed by atoms with Crippen LogP contribution in [0.2, 0.25) is 10.0 Å². The zero-order valence-corrected chi connectivity index (χ0v) is 13.0. The second-order valence-electron chi connectivity index (χ2n) is 3.88. The molecule has 1 aliphatic heterocycles. The molecule has 0 spiro atoms. The van der Waals surface area contributed by atoms with Crippen LogP contribution in [0.5, 0.6) is 0 Å². The van der Waals surface area contributed by atoms with Gasteiger partial charge >= 0.3 is 0 Å². The predicted molar refractivity (Wildman–Crippen MR) is 83.0 cm³/mol. The van der Waals surface area contributed by atoms with Gasteiger partial charge in [-0.25, -0.2) is 0 Å². The first-order valence-corrected chi connectivity index (χ1v) is 7.09. The Balaban J connectivity index is 2.52. The number of nitrogens with zero attached hydrogens (tertiary/aromatic N) is 1. The molecule has 0 aliphatic carbocycles. The van der Waals surface area contributed by atoms with Crippen LogP contribution in [0.3, 0.4) is 0 Å². The Bertz CT molecular complexity index is 561. The van der Waals surface area contributed by atoms with E-state index in [0.29, 0.717) is 10.0 Å². The standard InChI is InChI=1S/C14H12BrCl2N/c1-3-18-9(2)12(15)6-7-14(18)11-5-4-10(16)8-13(11)17/h4-8H,2-3H2,1H3. The highest BCUT2D eigenvalue weighted by molar-refractivity contribution is 9.12. The third-order valence-electron chi connectivity index (χ3n) is 2.80. The topological polar surface area (TPSA) is 3.24 Å². The van der Waals surface area contributed by atoms with Gasteiger partial charge in [0.25, 0.3) is 0 Å². The molecule has 0 saturated carbocycles. The number of hydrogen-bond acceptors (Lipinski definition) is 1. The highest BCUT2D eigenvalue weighted by Crippen LogP contribution is 2.36. The quantitative estimate of drug-likeness (QED) is 0.688. The third-order valence-corrected chi connectivity index (χ3v) is 4.07. The molecule has 18 heavy (non-hydrogen) atoms. The van der Waals surface area contributed by atoms with Gasteiger partial charge in [0.1, 0.15) is 0 Å². The molecule has 0 unspecified atom stereocenters.